The van der Waals surface area contributed by atoms with E-state index in [1.165, 1.54) is 6.20 Å². The average Bonchev–Trinajstić information content (AvgIpc) is 2.19. The minimum Gasteiger partial charge on any atom is -0.478 e. The standard InChI is InChI=1S/C10H13NO2S/c1-2-3-6-14-9-4-5-11-7-8(9)10(12)13/h4-5,7H,2-3,6H2,1H3,(H,12,13). The molecule has 1 aromatic rings. The molecule has 1 N–H and O–H groups in total. The number of carbonyl (C=O) groups is 1. The van der Waals surface area contributed by atoms with Crippen LogP contribution in [0.2, 0.25) is 0 Å². The van der Waals surface area contributed by atoms with Crippen LogP contribution < -0.4 is 0 Å². The molecule has 3 nitrogen and oxygen atoms in total. The van der Waals surface area contributed by atoms with Crippen molar-refractivity contribution in [2.45, 2.75) is 24.7 Å². The number of aromatic nitrogens is 1. The maximum absolute atomic E-state index is 10.8. The fourth-order valence-corrected chi connectivity index (χ4v) is 2.10. The molecular weight excluding hydrogens is 198 g/mol. The van der Waals surface area contributed by atoms with E-state index in [-0.39, 0.29) is 0 Å². The van der Waals surface area contributed by atoms with Crippen LogP contribution >= 0.6 is 11.8 Å². The smallest absolute Gasteiger partial charge is 0.338 e. The van der Waals surface area contributed by atoms with Crippen LogP contribution in [-0.2, 0) is 0 Å². The van der Waals surface area contributed by atoms with E-state index in [0.29, 0.717) is 5.56 Å². The lowest BCUT2D eigenvalue weighted by Gasteiger charge is -2.03. The van der Waals surface area contributed by atoms with Gasteiger partial charge in [-0.25, -0.2) is 4.79 Å². The molecule has 1 heterocycles. The molecule has 0 fully saturated rings. The first kappa shape index (κ1) is 11.0. The van der Waals surface area contributed by atoms with Gasteiger partial charge in [-0.2, -0.15) is 0 Å². The first-order chi connectivity index (χ1) is 6.75. The largest absolute Gasteiger partial charge is 0.478 e. The van der Waals surface area contributed by atoms with E-state index < -0.39 is 5.97 Å². The van der Waals surface area contributed by atoms with Gasteiger partial charge in [0, 0.05) is 17.3 Å². The van der Waals surface area contributed by atoms with Gasteiger partial charge in [0.15, 0.2) is 0 Å². The molecule has 0 bridgehead atoms. The summed E-state index contributed by atoms with van der Waals surface area (Å²) in [6.45, 7) is 2.12. The zero-order valence-corrected chi connectivity index (χ0v) is 8.88. The van der Waals surface area contributed by atoms with Crippen molar-refractivity contribution in [2.75, 3.05) is 5.75 Å². The average molecular weight is 211 g/mol. The summed E-state index contributed by atoms with van der Waals surface area (Å²) in [5.41, 5.74) is 0.300. The first-order valence-electron chi connectivity index (χ1n) is 4.55. The fraction of sp³-hybridized carbons (Fsp3) is 0.400. The molecule has 0 unspecified atom stereocenters. The highest BCUT2D eigenvalue weighted by atomic mass is 32.2. The molecule has 0 aliphatic carbocycles. The van der Waals surface area contributed by atoms with Gasteiger partial charge < -0.3 is 5.11 Å². The molecule has 0 saturated carbocycles. The van der Waals surface area contributed by atoms with E-state index in [0.717, 1.165) is 23.5 Å². The van der Waals surface area contributed by atoms with Gasteiger partial charge in [-0.3, -0.25) is 4.98 Å². The van der Waals surface area contributed by atoms with Gasteiger partial charge in [-0.1, -0.05) is 13.3 Å². The lowest BCUT2D eigenvalue weighted by Crippen LogP contribution is -1.99. The molecule has 0 spiro atoms. The molecule has 4 heteroatoms. The Hall–Kier alpha value is -1.03. The summed E-state index contributed by atoms with van der Waals surface area (Å²) < 4.78 is 0. The third-order valence-electron chi connectivity index (χ3n) is 1.77. The van der Waals surface area contributed by atoms with Gasteiger partial charge in [0.1, 0.15) is 0 Å². The molecular formula is C10H13NO2S. The molecule has 0 aromatic carbocycles. The van der Waals surface area contributed by atoms with Crippen molar-refractivity contribution in [1.82, 2.24) is 4.98 Å². The summed E-state index contributed by atoms with van der Waals surface area (Å²) in [6.07, 6.45) is 5.25. The second-order valence-electron chi connectivity index (χ2n) is 2.88. The third-order valence-corrected chi connectivity index (χ3v) is 2.93. The van der Waals surface area contributed by atoms with Crippen molar-refractivity contribution in [2.24, 2.45) is 0 Å². The van der Waals surface area contributed by atoms with Gasteiger partial charge in [-0.05, 0) is 18.2 Å². The van der Waals surface area contributed by atoms with E-state index >= 15 is 0 Å². The Bertz CT molecular complexity index is 315. The Labute approximate surface area is 87.6 Å². The Kier molecular flexibility index (Phi) is 4.46. The number of nitrogens with zero attached hydrogens (tertiary/aromatic N) is 1. The zero-order chi connectivity index (χ0) is 10.4. The quantitative estimate of drug-likeness (QED) is 0.601. The fourth-order valence-electron chi connectivity index (χ4n) is 0.995. The van der Waals surface area contributed by atoms with Crippen LogP contribution in [0.5, 0.6) is 0 Å². The summed E-state index contributed by atoms with van der Waals surface area (Å²) in [5, 5.41) is 8.87. The minimum absolute atomic E-state index is 0.300. The van der Waals surface area contributed by atoms with Crippen LogP contribution in [0.3, 0.4) is 0 Å². The maximum atomic E-state index is 10.8. The highest BCUT2D eigenvalue weighted by Gasteiger charge is 2.09. The first-order valence-corrected chi connectivity index (χ1v) is 5.54. The number of carboxylic acid groups (broad SMARTS) is 1. The summed E-state index contributed by atoms with van der Waals surface area (Å²) >= 11 is 1.58. The predicted octanol–water partition coefficient (Wildman–Crippen LogP) is 2.67. The van der Waals surface area contributed by atoms with Crippen LogP contribution in [0.1, 0.15) is 30.1 Å². The summed E-state index contributed by atoms with van der Waals surface area (Å²) in [4.78, 5) is 15.4. The number of thioether (sulfide) groups is 1. The third kappa shape index (κ3) is 3.03. The van der Waals surface area contributed by atoms with Crippen LogP contribution in [0.25, 0.3) is 0 Å². The molecule has 1 aromatic heterocycles. The van der Waals surface area contributed by atoms with Crippen molar-refractivity contribution in [3.8, 4) is 0 Å². The number of unbranched alkanes of at least 4 members (excludes halogenated alkanes) is 1. The lowest BCUT2D eigenvalue weighted by molar-refractivity contribution is 0.0692. The maximum Gasteiger partial charge on any atom is 0.338 e. The van der Waals surface area contributed by atoms with Crippen LogP contribution in [0.4, 0.5) is 0 Å². The van der Waals surface area contributed by atoms with Gasteiger partial charge in [0.05, 0.1) is 5.56 Å². The molecule has 0 atom stereocenters. The number of carboxylic acids is 1. The molecule has 14 heavy (non-hydrogen) atoms. The van der Waals surface area contributed by atoms with Crippen LogP contribution in [0, 0.1) is 0 Å². The van der Waals surface area contributed by atoms with E-state index in [9.17, 15) is 4.79 Å². The number of hydrogen-bond acceptors (Lipinski definition) is 3. The molecule has 76 valence electrons. The van der Waals surface area contributed by atoms with Crippen molar-refractivity contribution in [1.29, 1.82) is 0 Å². The Balaban J connectivity index is 2.69. The normalized spacial score (nSPS) is 10.1. The summed E-state index contributed by atoms with van der Waals surface area (Å²) in [7, 11) is 0. The Morgan fingerprint density at radius 2 is 2.43 bits per heavy atom. The van der Waals surface area contributed by atoms with Gasteiger partial charge >= 0.3 is 5.97 Å². The second-order valence-corrected chi connectivity index (χ2v) is 4.02. The monoisotopic (exact) mass is 211 g/mol. The van der Waals surface area contributed by atoms with Gasteiger partial charge in [0.25, 0.3) is 0 Å². The van der Waals surface area contributed by atoms with Gasteiger partial charge in [0.2, 0.25) is 0 Å². The van der Waals surface area contributed by atoms with Crippen LogP contribution in [0.15, 0.2) is 23.4 Å². The van der Waals surface area contributed by atoms with Crippen molar-refractivity contribution in [3.63, 3.8) is 0 Å². The number of pyridine rings is 1. The molecule has 1 rings (SSSR count). The Morgan fingerprint density at radius 1 is 1.64 bits per heavy atom. The minimum atomic E-state index is -0.905. The van der Waals surface area contributed by atoms with E-state index in [1.807, 2.05) is 0 Å². The van der Waals surface area contributed by atoms with Crippen molar-refractivity contribution < 1.29 is 9.90 Å². The second kappa shape index (κ2) is 5.65. The molecule has 0 radical (unpaired) electrons. The topological polar surface area (TPSA) is 50.2 Å². The molecule has 0 aliphatic heterocycles. The Morgan fingerprint density at radius 3 is 3.07 bits per heavy atom. The van der Waals surface area contributed by atoms with Crippen LogP contribution in [-0.4, -0.2) is 21.8 Å². The molecule has 0 aliphatic rings. The summed E-state index contributed by atoms with van der Waals surface area (Å²) in [6, 6.07) is 1.75. The zero-order valence-electron chi connectivity index (χ0n) is 8.06. The van der Waals surface area contributed by atoms with Crippen molar-refractivity contribution >= 4 is 17.7 Å². The lowest BCUT2D eigenvalue weighted by atomic mass is 10.3. The summed E-state index contributed by atoms with van der Waals surface area (Å²) in [5.74, 6) is 0.0537. The molecule has 0 saturated heterocycles. The molecule has 0 amide bonds. The predicted molar refractivity (Wildman–Crippen MR) is 56.8 cm³/mol. The van der Waals surface area contributed by atoms with E-state index in [4.69, 9.17) is 5.11 Å². The van der Waals surface area contributed by atoms with Crippen molar-refractivity contribution in [3.05, 3.63) is 24.0 Å². The highest BCUT2D eigenvalue weighted by molar-refractivity contribution is 7.99. The number of aromatic carboxylic acids is 1. The number of rotatable bonds is 5. The number of hydrogen-bond donors (Lipinski definition) is 1. The van der Waals surface area contributed by atoms with E-state index in [2.05, 4.69) is 11.9 Å². The SMILES string of the molecule is CCCCSc1ccncc1C(=O)O. The van der Waals surface area contributed by atoms with Gasteiger partial charge in [-0.15, -0.1) is 11.8 Å². The van der Waals surface area contributed by atoms with E-state index in [1.54, 1.807) is 24.0 Å². The highest BCUT2D eigenvalue weighted by Crippen LogP contribution is 2.22.